The van der Waals surface area contributed by atoms with Crippen LogP contribution in [0.3, 0.4) is 0 Å². The third-order valence-corrected chi connectivity index (χ3v) is 2.56. The van der Waals surface area contributed by atoms with Gasteiger partial charge in [0.1, 0.15) is 0 Å². The summed E-state index contributed by atoms with van der Waals surface area (Å²) in [6.45, 7) is 0.143. The molecule has 0 unspecified atom stereocenters. The van der Waals surface area contributed by atoms with Gasteiger partial charge in [0.2, 0.25) is 5.65 Å². The number of aromatic amines is 1. The zero-order valence-electron chi connectivity index (χ0n) is 9.66. The van der Waals surface area contributed by atoms with Crippen LogP contribution in [0.5, 0.6) is 0 Å². The van der Waals surface area contributed by atoms with E-state index in [1.165, 1.54) is 16.9 Å². The first-order valence-electron chi connectivity index (χ1n) is 5.49. The summed E-state index contributed by atoms with van der Waals surface area (Å²) in [6.07, 6.45) is 4.52. The molecular weight excluding hydrogens is 250 g/mol. The molecule has 0 spiro atoms. The van der Waals surface area contributed by atoms with Crippen LogP contribution in [0.2, 0.25) is 0 Å². The van der Waals surface area contributed by atoms with Crippen molar-refractivity contribution in [1.29, 1.82) is 0 Å². The van der Waals surface area contributed by atoms with E-state index in [2.05, 4.69) is 20.5 Å². The highest BCUT2D eigenvalue weighted by Crippen LogP contribution is 2.01. The minimum Gasteiger partial charge on any atom is -0.459 e. The highest BCUT2D eigenvalue weighted by molar-refractivity contribution is 5.91. The molecule has 0 aromatic carbocycles. The van der Waals surface area contributed by atoms with Crippen molar-refractivity contribution in [3.63, 3.8) is 0 Å². The van der Waals surface area contributed by atoms with Gasteiger partial charge in [-0.15, -0.1) is 10.2 Å². The van der Waals surface area contributed by atoms with Gasteiger partial charge in [0.25, 0.3) is 11.5 Å². The molecule has 3 heterocycles. The SMILES string of the molecule is O=C(NCc1nnc2c(=O)[nH]ccn12)c1ccco1. The van der Waals surface area contributed by atoms with Crippen LogP contribution in [0.25, 0.3) is 5.65 Å². The fourth-order valence-electron chi connectivity index (χ4n) is 1.66. The Morgan fingerprint density at radius 2 is 2.37 bits per heavy atom. The predicted octanol–water partition coefficient (Wildman–Crippen LogP) is -0.0594. The lowest BCUT2D eigenvalue weighted by molar-refractivity contribution is 0.0922. The molecule has 0 aliphatic carbocycles. The van der Waals surface area contributed by atoms with Gasteiger partial charge in [0, 0.05) is 12.4 Å². The standard InChI is InChI=1S/C11H9N5O3/c17-10(7-2-1-5-19-7)13-6-8-14-15-9-11(18)12-3-4-16(8)9/h1-5H,6H2,(H,12,18)(H,13,17). The Bertz CT molecular complexity index is 771. The average molecular weight is 259 g/mol. The molecule has 3 aromatic rings. The lowest BCUT2D eigenvalue weighted by Gasteiger charge is -2.01. The Kier molecular flexibility index (Phi) is 2.60. The number of nitrogens with zero attached hydrogens (tertiary/aromatic N) is 3. The van der Waals surface area contributed by atoms with Crippen LogP contribution >= 0.6 is 0 Å². The van der Waals surface area contributed by atoms with Crippen molar-refractivity contribution in [3.05, 3.63) is 52.7 Å². The van der Waals surface area contributed by atoms with E-state index < -0.39 is 0 Å². The number of furan rings is 1. The lowest BCUT2D eigenvalue weighted by Crippen LogP contribution is -2.23. The number of fused-ring (bicyclic) bond motifs is 1. The van der Waals surface area contributed by atoms with Crippen molar-refractivity contribution in [1.82, 2.24) is 24.9 Å². The number of amides is 1. The molecule has 8 nitrogen and oxygen atoms in total. The van der Waals surface area contributed by atoms with Crippen LogP contribution in [0.15, 0.2) is 40.0 Å². The minimum atomic E-state index is -0.355. The second-order valence-corrected chi connectivity index (χ2v) is 3.76. The number of aromatic nitrogens is 4. The first-order chi connectivity index (χ1) is 9.25. The van der Waals surface area contributed by atoms with Gasteiger partial charge in [-0.3, -0.25) is 14.0 Å². The van der Waals surface area contributed by atoms with Gasteiger partial charge < -0.3 is 14.7 Å². The van der Waals surface area contributed by atoms with Gasteiger partial charge in [0.05, 0.1) is 12.8 Å². The van der Waals surface area contributed by atoms with E-state index in [9.17, 15) is 9.59 Å². The number of carbonyl (C=O) groups is 1. The molecule has 19 heavy (non-hydrogen) atoms. The number of carbonyl (C=O) groups excluding carboxylic acids is 1. The Hall–Kier alpha value is -2.90. The first-order valence-corrected chi connectivity index (χ1v) is 5.49. The maximum atomic E-state index is 11.7. The molecule has 0 saturated carbocycles. The number of hydrogen-bond acceptors (Lipinski definition) is 5. The van der Waals surface area contributed by atoms with Gasteiger partial charge in [-0.05, 0) is 12.1 Å². The molecule has 2 N–H and O–H groups in total. The fourth-order valence-corrected chi connectivity index (χ4v) is 1.66. The van der Waals surface area contributed by atoms with Crippen LogP contribution in [-0.2, 0) is 6.54 Å². The Labute approximate surface area is 106 Å². The highest BCUT2D eigenvalue weighted by Gasteiger charge is 2.11. The number of H-pyrrole nitrogens is 1. The molecule has 0 atom stereocenters. The van der Waals surface area contributed by atoms with Crippen LogP contribution in [-0.4, -0.2) is 25.5 Å². The normalized spacial score (nSPS) is 10.7. The summed E-state index contributed by atoms with van der Waals surface area (Å²) >= 11 is 0. The summed E-state index contributed by atoms with van der Waals surface area (Å²) in [5.74, 6) is 0.319. The molecule has 8 heteroatoms. The van der Waals surface area contributed by atoms with Crippen molar-refractivity contribution in [3.8, 4) is 0 Å². The summed E-state index contributed by atoms with van der Waals surface area (Å²) < 4.78 is 6.48. The summed E-state index contributed by atoms with van der Waals surface area (Å²) in [5, 5.41) is 10.2. The third-order valence-electron chi connectivity index (χ3n) is 2.56. The van der Waals surface area contributed by atoms with Crippen molar-refractivity contribution in [2.45, 2.75) is 6.54 Å². The van der Waals surface area contributed by atoms with Crippen molar-refractivity contribution in [2.75, 3.05) is 0 Å². The molecule has 96 valence electrons. The summed E-state index contributed by atoms with van der Waals surface area (Å²) in [4.78, 5) is 25.6. The largest absolute Gasteiger partial charge is 0.459 e. The summed E-state index contributed by atoms with van der Waals surface area (Å²) in [6, 6.07) is 3.18. The van der Waals surface area contributed by atoms with E-state index >= 15 is 0 Å². The van der Waals surface area contributed by atoms with Gasteiger partial charge >= 0.3 is 0 Å². The van der Waals surface area contributed by atoms with E-state index in [0.29, 0.717) is 5.82 Å². The molecule has 1 amide bonds. The van der Waals surface area contributed by atoms with Gasteiger partial charge in [-0.25, -0.2) is 0 Å². The van der Waals surface area contributed by atoms with Crippen LogP contribution in [0.1, 0.15) is 16.4 Å². The van der Waals surface area contributed by atoms with Crippen molar-refractivity contribution in [2.24, 2.45) is 0 Å². The van der Waals surface area contributed by atoms with Gasteiger partial charge in [-0.1, -0.05) is 0 Å². The number of nitrogens with one attached hydrogen (secondary N) is 2. The molecule has 0 fully saturated rings. The molecule has 3 aromatic heterocycles. The molecule has 0 bridgehead atoms. The molecule has 0 radical (unpaired) electrons. The fraction of sp³-hybridized carbons (Fsp3) is 0.0909. The van der Waals surface area contributed by atoms with Crippen molar-refractivity contribution >= 4 is 11.6 Å². The molecule has 0 saturated heterocycles. The monoisotopic (exact) mass is 259 g/mol. The minimum absolute atomic E-state index is 0.143. The first kappa shape index (κ1) is 11.2. The van der Waals surface area contributed by atoms with E-state index in [1.807, 2.05) is 0 Å². The zero-order valence-corrected chi connectivity index (χ0v) is 9.66. The van der Waals surface area contributed by atoms with E-state index in [1.54, 1.807) is 18.3 Å². The Balaban J connectivity index is 1.81. The Morgan fingerprint density at radius 3 is 3.16 bits per heavy atom. The lowest BCUT2D eigenvalue weighted by atomic mass is 10.4. The van der Waals surface area contributed by atoms with Crippen LogP contribution in [0, 0.1) is 0 Å². The Morgan fingerprint density at radius 1 is 1.47 bits per heavy atom. The predicted molar refractivity (Wildman–Crippen MR) is 63.5 cm³/mol. The van der Waals surface area contributed by atoms with Crippen molar-refractivity contribution < 1.29 is 9.21 Å². The maximum absolute atomic E-state index is 11.7. The smallest absolute Gasteiger partial charge is 0.293 e. The second kappa shape index (κ2) is 4.41. The summed E-state index contributed by atoms with van der Waals surface area (Å²) in [7, 11) is 0. The van der Waals surface area contributed by atoms with E-state index in [4.69, 9.17) is 4.42 Å². The quantitative estimate of drug-likeness (QED) is 0.685. The van der Waals surface area contributed by atoms with Gasteiger partial charge in [-0.2, -0.15) is 0 Å². The maximum Gasteiger partial charge on any atom is 0.293 e. The van der Waals surface area contributed by atoms with Crippen LogP contribution in [0.4, 0.5) is 0 Å². The van der Waals surface area contributed by atoms with E-state index in [0.717, 1.165) is 0 Å². The van der Waals surface area contributed by atoms with Gasteiger partial charge in [0.15, 0.2) is 11.6 Å². The molecular formula is C11H9N5O3. The van der Waals surface area contributed by atoms with Crippen LogP contribution < -0.4 is 10.9 Å². The third kappa shape index (κ3) is 1.99. The van der Waals surface area contributed by atoms with E-state index in [-0.39, 0.29) is 29.4 Å². The summed E-state index contributed by atoms with van der Waals surface area (Å²) in [5.41, 5.74) is -0.150. The molecule has 0 aliphatic heterocycles. The number of hydrogen-bond donors (Lipinski definition) is 2. The molecule has 3 rings (SSSR count). The molecule has 0 aliphatic rings. The second-order valence-electron chi connectivity index (χ2n) is 3.76. The highest BCUT2D eigenvalue weighted by atomic mass is 16.3. The average Bonchev–Trinajstić information content (AvgIpc) is 3.06. The topological polar surface area (TPSA) is 105 Å². The number of rotatable bonds is 3. The zero-order chi connectivity index (χ0) is 13.2.